The predicted octanol–water partition coefficient (Wildman–Crippen LogP) is 3.80. The first kappa shape index (κ1) is 14.5. The van der Waals surface area contributed by atoms with Gasteiger partial charge in [-0.15, -0.1) is 12.6 Å². The molecule has 1 aromatic rings. The molecule has 1 saturated carbocycles. The molecule has 0 radical (unpaired) electrons. The van der Waals surface area contributed by atoms with Crippen LogP contribution in [0.2, 0.25) is 5.02 Å². The molecule has 0 aromatic heterocycles. The summed E-state index contributed by atoms with van der Waals surface area (Å²) >= 11 is 9.94. The Bertz CT molecular complexity index is 502. The zero-order chi connectivity index (χ0) is 14.2. The van der Waals surface area contributed by atoms with Crippen molar-refractivity contribution in [3.63, 3.8) is 0 Å². The van der Waals surface area contributed by atoms with Crippen LogP contribution in [-0.2, 0) is 0 Å². The minimum absolute atomic E-state index is 0.0605. The minimum Gasteiger partial charge on any atom is -0.327 e. The van der Waals surface area contributed by atoms with Gasteiger partial charge < -0.3 is 4.90 Å². The van der Waals surface area contributed by atoms with Crippen molar-refractivity contribution in [1.82, 2.24) is 4.90 Å². The summed E-state index contributed by atoms with van der Waals surface area (Å²) in [5.74, 6) is -0.694. The second-order valence-corrected chi connectivity index (χ2v) is 5.37. The van der Waals surface area contributed by atoms with E-state index >= 15 is 0 Å². The summed E-state index contributed by atoms with van der Waals surface area (Å²) in [6.45, 7) is -1.25. The van der Waals surface area contributed by atoms with Crippen molar-refractivity contribution >= 4 is 30.1 Å². The monoisotopic (exact) mass is 309 g/mol. The molecule has 0 bridgehead atoms. The van der Waals surface area contributed by atoms with E-state index < -0.39 is 18.6 Å². The molecule has 19 heavy (non-hydrogen) atoms. The van der Waals surface area contributed by atoms with Gasteiger partial charge >= 0.3 is 6.18 Å². The maximum atomic E-state index is 12.5. The summed E-state index contributed by atoms with van der Waals surface area (Å²) in [7, 11) is 0. The summed E-state index contributed by atoms with van der Waals surface area (Å²) in [6, 6.07) is 4.08. The number of hydrogen-bond donors (Lipinski definition) is 1. The molecule has 7 heteroatoms. The molecule has 0 aliphatic heterocycles. The van der Waals surface area contributed by atoms with Crippen molar-refractivity contribution in [3.8, 4) is 0 Å². The number of nitrogens with zero attached hydrogens (tertiary/aromatic N) is 1. The summed E-state index contributed by atoms with van der Waals surface area (Å²) in [5.41, 5.74) is 0.0605. The number of alkyl halides is 3. The standard InChI is InChI=1S/C12H11ClF3NOS/c13-10-4-3-8(19)5-9(10)11(18)17(7-1-2-7)6-12(14,15)16/h3-5,7,19H,1-2,6H2. The predicted molar refractivity (Wildman–Crippen MR) is 68.8 cm³/mol. The topological polar surface area (TPSA) is 20.3 Å². The minimum atomic E-state index is -4.41. The van der Waals surface area contributed by atoms with E-state index in [1.54, 1.807) is 6.07 Å². The molecule has 2 nitrogen and oxygen atoms in total. The van der Waals surface area contributed by atoms with E-state index in [0.29, 0.717) is 17.7 Å². The number of benzene rings is 1. The number of rotatable bonds is 3. The first-order valence-corrected chi connectivity index (χ1v) is 6.46. The number of hydrogen-bond acceptors (Lipinski definition) is 2. The Hall–Kier alpha value is -0.880. The smallest absolute Gasteiger partial charge is 0.327 e. The third-order valence-electron chi connectivity index (χ3n) is 2.78. The lowest BCUT2D eigenvalue weighted by Gasteiger charge is -2.24. The number of halogens is 4. The normalized spacial score (nSPS) is 15.4. The molecule has 0 N–H and O–H groups in total. The van der Waals surface area contributed by atoms with Crippen molar-refractivity contribution < 1.29 is 18.0 Å². The summed E-state index contributed by atoms with van der Waals surface area (Å²) in [4.78, 5) is 13.5. The first-order chi connectivity index (χ1) is 8.78. The van der Waals surface area contributed by atoms with E-state index in [4.69, 9.17) is 11.6 Å². The van der Waals surface area contributed by atoms with E-state index in [1.807, 2.05) is 0 Å². The highest BCUT2D eigenvalue weighted by Crippen LogP contribution is 2.33. The van der Waals surface area contributed by atoms with Crippen molar-refractivity contribution in [2.24, 2.45) is 0 Å². The molecule has 0 unspecified atom stereocenters. The number of amides is 1. The molecule has 1 aliphatic carbocycles. The highest BCUT2D eigenvalue weighted by Gasteiger charge is 2.41. The Balaban J connectivity index is 2.26. The number of thiol groups is 1. The van der Waals surface area contributed by atoms with Crippen LogP contribution >= 0.6 is 24.2 Å². The SMILES string of the molecule is O=C(c1cc(S)ccc1Cl)N(CC(F)(F)F)C1CC1. The third kappa shape index (κ3) is 3.79. The molecule has 104 valence electrons. The van der Waals surface area contributed by atoms with Gasteiger partial charge in [0.1, 0.15) is 6.54 Å². The fourth-order valence-corrected chi connectivity index (χ4v) is 2.18. The van der Waals surface area contributed by atoms with E-state index in [2.05, 4.69) is 12.6 Å². The molecule has 0 heterocycles. The van der Waals surface area contributed by atoms with E-state index in [1.165, 1.54) is 12.1 Å². The second-order valence-electron chi connectivity index (χ2n) is 4.44. The average molecular weight is 310 g/mol. The Kier molecular flexibility index (Phi) is 4.01. The maximum Gasteiger partial charge on any atom is 0.406 e. The van der Waals surface area contributed by atoms with Crippen LogP contribution in [0.1, 0.15) is 23.2 Å². The molecule has 0 atom stereocenters. The molecule has 0 saturated heterocycles. The van der Waals surface area contributed by atoms with Crippen molar-refractivity contribution in [2.75, 3.05) is 6.54 Å². The Morgan fingerprint density at radius 3 is 2.58 bits per heavy atom. The lowest BCUT2D eigenvalue weighted by molar-refractivity contribution is -0.141. The van der Waals surface area contributed by atoms with Gasteiger partial charge in [0.15, 0.2) is 0 Å². The zero-order valence-electron chi connectivity index (χ0n) is 9.75. The van der Waals surface area contributed by atoms with Crippen LogP contribution in [0.25, 0.3) is 0 Å². The first-order valence-electron chi connectivity index (χ1n) is 5.64. The van der Waals surface area contributed by atoms with Gasteiger partial charge in [-0.1, -0.05) is 11.6 Å². The van der Waals surface area contributed by atoms with Gasteiger partial charge in [-0.2, -0.15) is 13.2 Å². The molecule has 0 spiro atoms. The molecule has 1 fully saturated rings. The van der Waals surface area contributed by atoms with Crippen molar-refractivity contribution in [2.45, 2.75) is 30.0 Å². The van der Waals surface area contributed by atoms with Gasteiger partial charge in [-0.05, 0) is 31.0 Å². The van der Waals surface area contributed by atoms with Crippen molar-refractivity contribution in [1.29, 1.82) is 0 Å². The van der Waals surface area contributed by atoms with E-state index in [-0.39, 0.29) is 16.6 Å². The van der Waals surface area contributed by atoms with Crippen LogP contribution in [0.15, 0.2) is 23.1 Å². The van der Waals surface area contributed by atoms with Crippen LogP contribution in [0.4, 0.5) is 13.2 Å². The summed E-state index contributed by atoms with van der Waals surface area (Å²) in [5, 5.41) is 0.135. The summed E-state index contributed by atoms with van der Waals surface area (Å²) in [6.07, 6.45) is -3.22. The van der Waals surface area contributed by atoms with Gasteiger partial charge in [0.05, 0.1) is 10.6 Å². The van der Waals surface area contributed by atoms with Gasteiger partial charge in [0, 0.05) is 10.9 Å². The molecular weight excluding hydrogens is 299 g/mol. The van der Waals surface area contributed by atoms with Gasteiger partial charge in [0.2, 0.25) is 0 Å². The highest BCUT2D eigenvalue weighted by atomic mass is 35.5. The van der Waals surface area contributed by atoms with E-state index in [0.717, 1.165) is 4.90 Å². The fraction of sp³-hybridized carbons (Fsp3) is 0.417. The van der Waals surface area contributed by atoms with E-state index in [9.17, 15) is 18.0 Å². The van der Waals surface area contributed by atoms with Crippen LogP contribution in [-0.4, -0.2) is 29.6 Å². The lowest BCUT2D eigenvalue weighted by Crippen LogP contribution is -2.40. The van der Waals surface area contributed by atoms with Crippen LogP contribution in [0.5, 0.6) is 0 Å². The van der Waals surface area contributed by atoms with Gasteiger partial charge in [-0.25, -0.2) is 0 Å². The maximum absolute atomic E-state index is 12.5. The molecular formula is C12H11ClF3NOS. The Labute approximate surface area is 118 Å². The van der Waals surface area contributed by atoms with Gasteiger partial charge in [0.25, 0.3) is 5.91 Å². The zero-order valence-corrected chi connectivity index (χ0v) is 11.4. The fourth-order valence-electron chi connectivity index (χ4n) is 1.78. The quantitative estimate of drug-likeness (QED) is 0.842. The highest BCUT2D eigenvalue weighted by molar-refractivity contribution is 7.80. The average Bonchev–Trinajstić information content (AvgIpc) is 3.11. The molecule has 2 rings (SSSR count). The number of carbonyl (C=O) groups is 1. The summed E-state index contributed by atoms with van der Waals surface area (Å²) < 4.78 is 37.5. The Morgan fingerprint density at radius 2 is 2.05 bits per heavy atom. The van der Waals surface area contributed by atoms with Crippen molar-refractivity contribution in [3.05, 3.63) is 28.8 Å². The van der Waals surface area contributed by atoms with Crippen LogP contribution < -0.4 is 0 Å². The second kappa shape index (κ2) is 5.25. The third-order valence-corrected chi connectivity index (χ3v) is 3.39. The number of carbonyl (C=O) groups excluding carboxylic acids is 1. The molecule has 1 aromatic carbocycles. The molecule has 1 amide bonds. The van der Waals surface area contributed by atoms with Gasteiger partial charge in [-0.3, -0.25) is 4.79 Å². The largest absolute Gasteiger partial charge is 0.406 e. The van der Waals surface area contributed by atoms with Crippen LogP contribution in [0, 0.1) is 0 Å². The Morgan fingerprint density at radius 1 is 1.42 bits per heavy atom. The molecule has 1 aliphatic rings. The lowest BCUT2D eigenvalue weighted by atomic mass is 10.2. The van der Waals surface area contributed by atoms with Crippen LogP contribution in [0.3, 0.4) is 0 Å².